The van der Waals surface area contributed by atoms with Crippen LogP contribution in [-0.4, -0.2) is 20.4 Å². The van der Waals surface area contributed by atoms with E-state index in [4.69, 9.17) is 0 Å². The van der Waals surface area contributed by atoms with Crippen LogP contribution in [0.5, 0.6) is 0 Å². The number of aryl methyl sites for hydroxylation is 2. The van der Waals surface area contributed by atoms with Gasteiger partial charge in [0.25, 0.3) is 0 Å². The van der Waals surface area contributed by atoms with E-state index in [1.165, 1.54) is 71.6 Å². The standard InChI is InChI=1S/C28H16S3Te/c1-13-3-19-5-15-7-21-25(11-17(15)9-23(19)29-13)31-27-22-8-16-6-20-4-14(2)30-24(20)10-18(16)12-26(22)32-28(21)27/h3-12H,1-2H3. The molecule has 0 atom stereocenters. The molecule has 0 unspecified atom stereocenters. The first-order chi connectivity index (χ1) is 15.6. The number of rotatable bonds is 0. The molecule has 0 spiro atoms. The summed E-state index contributed by atoms with van der Waals surface area (Å²) in [7, 11) is 0. The Labute approximate surface area is 205 Å². The van der Waals surface area contributed by atoms with Gasteiger partial charge in [0, 0.05) is 0 Å². The molecule has 0 saturated heterocycles. The van der Waals surface area contributed by atoms with Crippen molar-refractivity contribution in [2.24, 2.45) is 0 Å². The van der Waals surface area contributed by atoms with Crippen molar-refractivity contribution in [3.05, 3.63) is 70.4 Å². The first kappa shape index (κ1) is 18.5. The van der Waals surface area contributed by atoms with Gasteiger partial charge >= 0.3 is 207 Å². The molecule has 0 saturated carbocycles. The van der Waals surface area contributed by atoms with Crippen molar-refractivity contribution in [2.45, 2.75) is 13.8 Å². The van der Waals surface area contributed by atoms with E-state index >= 15 is 0 Å². The third kappa shape index (κ3) is 2.54. The van der Waals surface area contributed by atoms with Gasteiger partial charge in [-0.3, -0.25) is 0 Å². The van der Waals surface area contributed by atoms with E-state index in [1.54, 1.807) is 6.80 Å². The number of hydrogen-bond acceptors (Lipinski definition) is 3. The molecule has 0 amide bonds. The van der Waals surface area contributed by atoms with Crippen LogP contribution in [0.15, 0.2) is 60.7 Å². The van der Waals surface area contributed by atoms with Crippen molar-refractivity contribution in [1.82, 2.24) is 0 Å². The van der Waals surface area contributed by atoms with Gasteiger partial charge in [0.05, 0.1) is 0 Å². The van der Waals surface area contributed by atoms with Crippen LogP contribution in [-0.2, 0) is 0 Å². The van der Waals surface area contributed by atoms with E-state index in [1.807, 2.05) is 34.0 Å². The summed E-state index contributed by atoms with van der Waals surface area (Å²) in [5, 5.41) is 11.3. The van der Waals surface area contributed by atoms with Crippen molar-refractivity contribution >= 4 is 123 Å². The normalized spacial score (nSPS) is 12.7. The van der Waals surface area contributed by atoms with Crippen molar-refractivity contribution < 1.29 is 0 Å². The topological polar surface area (TPSA) is 0 Å². The Kier molecular flexibility index (Phi) is 3.67. The van der Waals surface area contributed by atoms with Gasteiger partial charge in [-0.1, -0.05) is 0 Å². The van der Waals surface area contributed by atoms with Gasteiger partial charge in [0.15, 0.2) is 0 Å². The molecule has 4 heterocycles. The van der Waals surface area contributed by atoms with Gasteiger partial charge in [-0.2, -0.15) is 0 Å². The molecular formula is C28H16S3Te. The number of thiophene rings is 3. The summed E-state index contributed by atoms with van der Waals surface area (Å²) in [6, 6.07) is 24.1. The van der Waals surface area contributed by atoms with Crippen molar-refractivity contribution in [2.75, 3.05) is 0 Å². The molecule has 0 fully saturated rings. The van der Waals surface area contributed by atoms with E-state index < -0.39 is 0 Å². The van der Waals surface area contributed by atoms with Crippen LogP contribution in [0.2, 0.25) is 0 Å². The van der Waals surface area contributed by atoms with Crippen LogP contribution in [0.25, 0.3) is 68.7 Å². The van der Waals surface area contributed by atoms with Gasteiger partial charge in [-0.15, -0.1) is 0 Å². The van der Waals surface area contributed by atoms with E-state index in [2.05, 4.69) is 74.5 Å². The third-order valence-corrected chi connectivity index (χ3v) is 13.5. The Morgan fingerprint density at radius 2 is 1.06 bits per heavy atom. The van der Waals surface area contributed by atoms with Crippen LogP contribution < -0.4 is 0 Å². The number of benzene rings is 4. The molecular weight excluding hydrogens is 560 g/mol. The second-order valence-electron chi connectivity index (χ2n) is 8.75. The van der Waals surface area contributed by atoms with Crippen LogP contribution in [0, 0.1) is 13.8 Å². The second kappa shape index (κ2) is 6.35. The molecule has 0 nitrogen and oxygen atoms in total. The molecule has 4 heteroatoms. The van der Waals surface area contributed by atoms with E-state index in [0.29, 0.717) is 0 Å². The summed E-state index contributed by atoms with van der Waals surface area (Å²) in [4.78, 5) is 2.79. The molecule has 0 radical (unpaired) electrons. The predicted octanol–water partition coefficient (Wildman–Crippen LogP) is 9.62. The van der Waals surface area contributed by atoms with Crippen LogP contribution in [0.4, 0.5) is 0 Å². The summed E-state index contributed by atoms with van der Waals surface area (Å²) in [6.45, 7) is 4.41. The molecule has 32 heavy (non-hydrogen) atoms. The monoisotopic (exact) mass is 578 g/mol. The number of hydrogen-bond donors (Lipinski definition) is 0. The summed E-state index contributed by atoms with van der Waals surface area (Å²) in [5.74, 6) is 0. The Morgan fingerprint density at radius 1 is 0.500 bits per heavy atom. The Hall–Kier alpha value is -1.93. The van der Waals surface area contributed by atoms with E-state index in [0.717, 1.165) is 0 Å². The van der Waals surface area contributed by atoms with Crippen LogP contribution in [0.1, 0.15) is 9.75 Å². The van der Waals surface area contributed by atoms with Crippen molar-refractivity contribution in [1.29, 1.82) is 0 Å². The van der Waals surface area contributed by atoms with E-state index in [9.17, 15) is 0 Å². The minimum atomic E-state index is -0.365. The fourth-order valence-corrected chi connectivity index (χ4v) is 12.5. The molecule has 4 aromatic carbocycles. The second-order valence-corrected chi connectivity index (χ2v) is 15.4. The van der Waals surface area contributed by atoms with Gasteiger partial charge in [0.1, 0.15) is 0 Å². The van der Waals surface area contributed by atoms with Gasteiger partial charge in [0.2, 0.25) is 0 Å². The average molecular weight is 576 g/mol. The molecule has 152 valence electrons. The zero-order chi connectivity index (χ0) is 21.1. The summed E-state index contributed by atoms with van der Waals surface area (Å²) < 4.78 is 9.07. The summed E-state index contributed by atoms with van der Waals surface area (Å²) >= 11 is 5.45. The first-order valence-electron chi connectivity index (χ1n) is 10.7. The molecule has 0 aliphatic rings. The van der Waals surface area contributed by atoms with Crippen LogP contribution in [0.3, 0.4) is 0 Å². The fraction of sp³-hybridized carbons (Fsp3) is 0.0714. The first-order valence-corrected chi connectivity index (χ1v) is 15.4. The maximum absolute atomic E-state index is 2.50. The van der Waals surface area contributed by atoms with Crippen molar-refractivity contribution in [3.63, 3.8) is 0 Å². The Morgan fingerprint density at radius 3 is 1.75 bits per heavy atom. The molecule has 0 N–H and O–H groups in total. The maximum atomic E-state index is 2.50. The molecule has 0 aliphatic heterocycles. The average Bonchev–Trinajstić information content (AvgIpc) is 3.48. The number of fused-ring (bicyclic) bond motifs is 9. The van der Waals surface area contributed by atoms with Gasteiger partial charge in [-0.05, 0) is 0 Å². The molecule has 8 rings (SSSR count). The van der Waals surface area contributed by atoms with E-state index in [-0.39, 0.29) is 20.4 Å². The Bertz CT molecular complexity index is 1910. The molecule has 8 aromatic rings. The fourth-order valence-electron chi connectivity index (χ4n) is 5.09. The van der Waals surface area contributed by atoms with Crippen molar-refractivity contribution in [3.8, 4) is 0 Å². The zero-order valence-electron chi connectivity index (χ0n) is 17.4. The predicted molar refractivity (Wildman–Crippen MR) is 149 cm³/mol. The van der Waals surface area contributed by atoms with Crippen LogP contribution >= 0.6 is 34.0 Å². The summed E-state index contributed by atoms with van der Waals surface area (Å²) in [5.41, 5.74) is 0. The Balaban J connectivity index is 1.45. The molecule has 0 aliphatic carbocycles. The SMILES string of the molecule is Cc1cc2cc3cc4c(cc3cc2s1)sc1c2cc3cc5cc(C)sc5cc3cc2[te]c41. The minimum absolute atomic E-state index is 0.365. The van der Waals surface area contributed by atoms with Gasteiger partial charge in [-0.25, -0.2) is 0 Å². The quantitative estimate of drug-likeness (QED) is 0.158. The molecule has 0 bridgehead atoms. The zero-order valence-corrected chi connectivity index (χ0v) is 22.2. The molecule has 4 aromatic heterocycles. The van der Waals surface area contributed by atoms with Gasteiger partial charge < -0.3 is 0 Å². The third-order valence-electron chi connectivity index (χ3n) is 6.51. The summed E-state index contributed by atoms with van der Waals surface area (Å²) in [6.07, 6.45) is 0.